The Bertz CT molecular complexity index is 940. The fraction of sp³-hybridized carbons (Fsp3) is 0.364. The van der Waals surface area contributed by atoms with Crippen molar-refractivity contribution in [3.63, 3.8) is 0 Å². The van der Waals surface area contributed by atoms with E-state index in [9.17, 15) is 13.5 Å². The number of hydrogen-bond donors (Lipinski definition) is 3. The van der Waals surface area contributed by atoms with E-state index in [1.807, 2.05) is 0 Å². The van der Waals surface area contributed by atoms with Gasteiger partial charge in [-0.3, -0.25) is 0 Å². The first kappa shape index (κ1) is 19.3. The Labute approximate surface area is 166 Å². The smallest absolute Gasteiger partial charge is 0.240 e. The Morgan fingerprint density at radius 2 is 1.79 bits per heavy atom. The zero-order chi connectivity index (χ0) is 19.6. The topological polar surface area (TPSA) is 78.4 Å². The van der Waals surface area contributed by atoms with Crippen LogP contribution in [0.15, 0.2) is 65.6 Å². The second kappa shape index (κ2) is 8.17. The second-order valence-electron chi connectivity index (χ2n) is 7.50. The zero-order valence-electron chi connectivity index (χ0n) is 15.7. The molecular weight excluding hydrogens is 372 g/mol. The van der Waals surface area contributed by atoms with Crippen LogP contribution in [0.4, 0.5) is 0 Å². The summed E-state index contributed by atoms with van der Waals surface area (Å²) in [6, 6.07) is 16.8. The molecule has 2 aromatic rings. The highest BCUT2D eigenvalue weighted by atomic mass is 32.2. The number of nitrogens with one attached hydrogen (secondary N) is 2. The van der Waals surface area contributed by atoms with Crippen LogP contribution in [0.2, 0.25) is 0 Å². The molecule has 0 unspecified atom stereocenters. The lowest BCUT2D eigenvalue weighted by atomic mass is 9.77. The van der Waals surface area contributed by atoms with Crippen molar-refractivity contribution >= 4 is 15.6 Å². The first-order valence-electron chi connectivity index (χ1n) is 9.79. The van der Waals surface area contributed by atoms with E-state index in [2.05, 4.69) is 40.4 Å². The van der Waals surface area contributed by atoms with E-state index >= 15 is 0 Å². The predicted octanol–water partition coefficient (Wildman–Crippen LogP) is 2.65. The van der Waals surface area contributed by atoms with E-state index in [0.717, 1.165) is 18.4 Å². The minimum Gasteiger partial charge on any atom is -0.395 e. The Morgan fingerprint density at radius 3 is 2.43 bits per heavy atom. The summed E-state index contributed by atoms with van der Waals surface area (Å²) < 4.78 is 27.6. The first-order valence-corrected chi connectivity index (χ1v) is 11.3. The lowest BCUT2D eigenvalue weighted by Crippen LogP contribution is -2.64. The summed E-state index contributed by atoms with van der Waals surface area (Å²) in [6.45, 7) is 0.310. The van der Waals surface area contributed by atoms with Crippen molar-refractivity contribution in [3.05, 3.63) is 71.8 Å². The molecule has 1 aliphatic carbocycles. The predicted molar refractivity (Wildman–Crippen MR) is 110 cm³/mol. The van der Waals surface area contributed by atoms with E-state index < -0.39 is 10.0 Å². The highest BCUT2D eigenvalue weighted by Gasteiger charge is 2.41. The van der Waals surface area contributed by atoms with Gasteiger partial charge in [0.05, 0.1) is 11.5 Å². The van der Waals surface area contributed by atoms with Gasteiger partial charge in [-0.2, -0.15) is 0 Å². The summed E-state index contributed by atoms with van der Waals surface area (Å²) in [5.74, 6) is 0.0788. The highest BCUT2D eigenvalue weighted by molar-refractivity contribution is 7.89. The molecule has 1 aliphatic heterocycles. The van der Waals surface area contributed by atoms with Gasteiger partial charge >= 0.3 is 0 Å². The van der Waals surface area contributed by atoms with E-state index in [0.29, 0.717) is 0 Å². The normalized spacial score (nSPS) is 24.6. The average Bonchev–Trinajstić information content (AvgIpc) is 3.23. The summed E-state index contributed by atoms with van der Waals surface area (Å²) in [6.07, 6.45) is 5.81. The monoisotopic (exact) mass is 398 g/mol. The van der Waals surface area contributed by atoms with Crippen LogP contribution in [0.1, 0.15) is 36.3 Å². The molecule has 0 saturated carbocycles. The molecule has 2 aliphatic rings. The lowest BCUT2D eigenvalue weighted by molar-refractivity contribution is 0.129. The number of aliphatic hydroxyl groups excluding tert-OH is 1. The van der Waals surface area contributed by atoms with E-state index in [1.54, 1.807) is 30.3 Å². The van der Waals surface area contributed by atoms with E-state index in [-0.39, 0.29) is 36.0 Å². The molecule has 1 fully saturated rings. The van der Waals surface area contributed by atoms with Gasteiger partial charge in [-0.1, -0.05) is 48.5 Å². The third-order valence-corrected chi connectivity index (χ3v) is 7.19. The molecule has 0 aromatic heterocycles. The zero-order valence-corrected chi connectivity index (χ0v) is 16.5. The summed E-state index contributed by atoms with van der Waals surface area (Å²) in [4.78, 5) is 0.263. The van der Waals surface area contributed by atoms with Gasteiger partial charge in [0.15, 0.2) is 0 Å². The van der Waals surface area contributed by atoms with Gasteiger partial charge < -0.3 is 10.4 Å². The van der Waals surface area contributed by atoms with Crippen LogP contribution in [-0.2, 0) is 10.0 Å². The Hall–Kier alpha value is -1.99. The van der Waals surface area contributed by atoms with Crippen LogP contribution in [0.25, 0.3) is 5.57 Å². The molecule has 0 radical (unpaired) electrons. The molecule has 3 N–H and O–H groups in total. The fourth-order valence-electron chi connectivity index (χ4n) is 4.20. The van der Waals surface area contributed by atoms with Gasteiger partial charge in [0.2, 0.25) is 10.0 Å². The molecule has 2 aromatic carbocycles. The molecule has 5 nitrogen and oxygen atoms in total. The highest BCUT2D eigenvalue weighted by Crippen LogP contribution is 2.34. The van der Waals surface area contributed by atoms with E-state index in [4.69, 9.17) is 0 Å². The van der Waals surface area contributed by atoms with Crippen molar-refractivity contribution in [2.45, 2.75) is 42.2 Å². The van der Waals surface area contributed by atoms with Gasteiger partial charge in [-0.25, -0.2) is 13.1 Å². The number of rotatable bonds is 7. The van der Waals surface area contributed by atoms with Gasteiger partial charge in [-0.15, -0.1) is 0 Å². The number of allylic oxidation sites excluding steroid dienone is 2. The molecule has 4 rings (SSSR count). The van der Waals surface area contributed by atoms with Crippen LogP contribution >= 0.6 is 0 Å². The molecular formula is C22H26N2O3S. The number of aliphatic hydroxyl groups is 1. The summed E-state index contributed by atoms with van der Waals surface area (Å²) in [5.41, 5.74) is 3.80. The molecule has 148 valence electrons. The first-order chi connectivity index (χ1) is 13.6. The molecule has 1 heterocycles. The third kappa shape index (κ3) is 3.91. The maximum Gasteiger partial charge on any atom is 0.240 e. The Morgan fingerprint density at radius 1 is 1.04 bits per heavy atom. The standard InChI is InChI=1S/C22H26N2O3S/c25-15-21-22(18-12-10-17(11-13-18)16-6-4-5-7-16)20(24-21)14-23-28(26,27)19-8-2-1-3-9-19/h1-3,6,8-13,20-25H,4-5,7,14-15H2/t20-,21+,22+/m0/s1. The van der Waals surface area contributed by atoms with Crippen LogP contribution in [0, 0.1) is 0 Å². The van der Waals surface area contributed by atoms with Crippen molar-refractivity contribution in [2.24, 2.45) is 0 Å². The summed E-state index contributed by atoms with van der Waals surface area (Å²) >= 11 is 0. The molecule has 6 heteroatoms. The molecule has 0 bridgehead atoms. The van der Waals surface area contributed by atoms with Crippen LogP contribution in [0.3, 0.4) is 0 Å². The molecule has 0 spiro atoms. The van der Waals surface area contributed by atoms with Gasteiger partial charge in [0.25, 0.3) is 0 Å². The molecule has 3 atom stereocenters. The Balaban J connectivity index is 1.45. The minimum atomic E-state index is -3.54. The maximum atomic E-state index is 12.5. The van der Waals surface area contributed by atoms with Crippen molar-refractivity contribution < 1.29 is 13.5 Å². The fourth-order valence-corrected chi connectivity index (χ4v) is 5.28. The van der Waals surface area contributed by atoms with Crippen molar-refractivity contribution in [2.75, 3.05) is 13.2 Å². The Kier molecular flexibility index (Phi) is 5.64. The van der Waals surface area contributed by atoms with Crippen LogP contribution < -0.4 is 10.0 Å². The quantitative estimate of drug-likeness (QED) is 0.670. The van der Waals surface area contributed by atoms with Gasteiger partial charge in [0.1, 0.15) is 0 Å². The number of sulfonamides is 1. The van der Waals surface area contributed by atoms with E-state index in [1.165, 1.54) is 17.6 Å². The molecule has 28 heavy (non-hydrogen) atoms. The average molecular weight is 399 g/mol. The molecule has 0 amide bonds. The lowest BCUT2D eigenvalue weighted by Gasteiger charge is -2.46. The van der Waals surface area contributed by atoms with Crippen LogP contribution in [-0.4, -0.2) is 38.8 Å². The SMILES string of the molecule is O=S(=O)(NC[C@@H]1N[C@H](CO)[C@@H]1c1ccc(C2=CCCC2)cc1)c1ccccc1. The number of benzene rings is 2. The summed E-state index contributed by atoms with van der Waals surface area (Å²) in [5, 5.41) is 12.9. The number of hydrogen-bond acceptors (Lipinski definition) is 4. The molecule has 1 saturated heterocycles. The van der Waals surface area contributed by atoms with Crippen LogP contribution in [0.5, 0.6) is 0 Å². The van der Waals surface area contributed by atoms with Gasteiger partial charge in [-0.05, 0) is 48.1 Å². The van der Waals surface area contributed by atoms with Crippen molar-refractivity contribution in [3.8, 4) is 0 Å². The van der Waals surface area contributed by atoms with Crippen molar-refractivity contribution in [1.29, 1.82) is 0 Å². The summed E-state index contributed by atoms with van der Waals surface area (Å²) in [7, 11) is -3.54. The minimum absolute atomic E-state index is 0.0273. The van der Waals surface area contributed by atoms with Crippen molar-refractivity contribution in [1.82, 2.24) is 10.0 Å². The maximum absolute atomic E-state index is 12.5. The third-order valence-electron chi connectivity index (χ3n) is 5.75. The second-order valence-corrected chi connectivity index (χ2v) is 9.26. The van der Waals surface area contributed by atoms with Gasteiger partial charge in [0, 0.05) is 24.5 Å². The largest absolute Gasteiger partial charge is 0.395 e.